The Morgan fingerprint density at radius 1 is 1.33 bits per heavy atom. The summed E-state index contributed by atoms with van der Waals surface area (Å²) < 4.78 is 12.6. The van der Waals surface area contributed by atoms with Gasteiger partial charge in [-0.1, -0.05) is 19.1 Å². The number of hydrogen-bond acceptors (Lipinski definition) is 1. The Hall–Kier alpha value is -0.600. The Labute approximate surface area is 95.6 Å². The standard InChI is InChI=1S/C12H17ClFN/c1-10(6-7-13)8-15-9-11-2-4-12(14)5-3-11/h2-5,10,15H,6-9H2,1H3. The first kappa shape index (κ1) is 12.5. The summed E-state index contributed by atoms with van der Waals surface area (Å²) in [5.74, 6) is 1.11. The lowest BCUT2D eigenvalue weighted by Crippen LogP contribution is -2.20. The van der Waals surface area contributed by atoms with E-state index in [2.05, 4.69) is 12.2 Å². The molecular weight excluding hydrogens is 213 g/mol. The van der Waals surface area contributed by atoms with E-state index in [1.807, 2.05) is 0 Å². The smallest absolute Gasteiger partial charge is 0.123 e. The van der Waals surface area contributed by atoms with Crippen LogP contribution in [0.4, 0.5) is 4.39 Å². The van der Waals surface area contributed by atoms with Crippen LogP contribution in [0, 0.1) is 11.7 Å². The summed E-state index contributed by atoms with van der Waals surface area (Å²) in [5.41, 5.74) is 1.11. The van der Waals surface area contributed by atoms with Crippen molar-refractivity contribution in [1.82, 2.24) is 5.32 Å². The van der Waals surface area contributed by atoms with E-state index >= 15 is 0 Å². The van der Waals surface area contributed by atoms with Crippen LogP contribution in [0.25, 0.3) is 0 Å². The maximum Gasteiger partial charge on any atom is 0.123 e. The molecule has 1 nitrogen and oxygen atoms in total. The molecule has 0 heterocycles. The first-order valence-corrected chi connectivity index (χ1v) is 5.77. The van der Waals surface area contributed by atoms with Crippen molar-refractivity contribution in [2.75, 3.05) is 12.4 Å². The minimum Gasteiger partial charge on any atom is -0.312 e. The largest absolute Gasteiger partial charge is 0.312 e. The van der Waals surface area contributed by atoms with Crippen molar-refractivity contribution in [3.63, 3.8) is 0 Å². The molecule has 0 bridgehead atoms. The van der Waals surface area contributed by atoms with Gasteiger partial charge in [0.15, 0.2) is 0 Å². The van der Waals surface area contributed by atoms with E-state index in [0.717, 1.165) is 25.1 Å². The Morgan fingerprint density at radius 2 is 2.00 bits per heavy atom. The second-order valence-corrected chi connectivity index (χ2v) is 4.22. The number of hydrogen-bond donors (Lipinski definition) is 1. The third-order valence-electron chi connectivity index (χ3n) is 2.34. The molecule has 1 N–H and O–H groups in total. The fourth-order valence-corrected chi connectivity index (χ4v) is 1.73. The highest BCUT2D eigenvalue weighted by molar-refractivity contribution is 6.17. The predicted molar refractivity (Wildman–Crippen MR) is 62.6 cm³/mol. The minimum absolute atomic E-state index is 0.186. The normalized spacial score (nSPS) is 12.7. The molecule has 15 heavy (non-hydrogen) atoms. The Bertz CT molecular complexity index is 273. The fraction of sp³-hybridized carbons (Fsp3) is 0.500. The van der Waals surface area contributed by atoms with Gasteiger partial charge in [0, 0.05) is 12.4 Å². The van der Waals surface area contributed by atoms with E-state index in [0.29, 0.717) is 11.8 Å². The van der Waals surface area contributed by atoms with Crippen LogP contribution in [0.2, 0.25) is 0 Å². The second-order valence-electron chi connectivity index (χ2n) is 3.84. The molecule has 0 aromatic heterocycles. The SMILES string of the molecule is CC(CCCl)CNCc1ccc(F)cc1. The Kier molecular flexibility index (Phi) is 5.66. The number of rotatable bonds is 6. The van der Waals surface area contributed by atoms with Crippen molar-refractivity contribution < 1.29 is 4.39 Å². The highest BCUT2D eigenvalue weighted by Crippen LogP contribution is 2.04. The van der Waals surface area contributed by atoms with Crippen molar-refractivity contribution in [3.8, 4) is 0 Å². The molecule has 0 radical (unpaired) electrons. The van der Waals surface area contributed by atoms with Crippen LogP contribution in [-0.2, 0) is 6.54 Å². The van der Waals surface area contributed by atoms with Gasteiger partial charge in [-0.05, 0) is 36.6 Å². The molecule has 0 fully saturated rings. The lowest BCUT2D eigenvalue weighted by Gasteiger charge is -2.10. The van der Waals surface area contributed by atoms with Gasteiger partial charge in [-0.2, -0.15) is 0 Å². The first-order valence-electron chi connectivity index (χ1n) is 5.23. The van der Waals surface area contributed by atoms with Crippen molar-refractivity contribution in [2.45, 2.75) is 19.9 Å². The number of nitrogens with one attached hydrogen (secondary N) is 1. The quantitative estimate of drug-likeness (QED) is 0.739. The van der Waals surface area contributed by atoms with Crippen LogP contribution in [0.15, 0.2) is 24.3 Å². The zero-order valence-corrected chi connectivity index (χ0v) is 9.73. The minimum atomic E-state index is -0.186. The van der Waals surface area contributed by atoms with E-state index in [4.69, 9.17) is 11.6 Å². The highest BCUT2D eigenvalue weighted by atomic mass is 35.5. The molecule has 0 aliphatic heterocycles. The monoisotopic (exact) mass is 229 g/mol. The number of alkyl halides is 1. The lowest BCUT2D eigenvalue weighted by atomic mass is 10.1. The van der Waals surface area contributed by atoms with Gasteiger partial charge in [-0.25, -0.2) is 4.39 Å². The Morgan fingerprint density at radius 3 is 2.60 bits per heavy atom. The van der Waals surface area contributed by atoms with Gasteiger partial charge in [0.2, 0.25) is 0 Å². The molecule has 1 unspecified atom stereocenters. The zero-order valence-electron chi connectivity index (χ0n) is 8.97. The maximum absolute atomic E-state index is 12.6. The summed E-state index contributed by atoms with van der Waals surface area (Å²) in [6.45, 7) is 3.90. The molecule has 1 atom stereocenters. The van der Waals surface area contributed by atoms with E-state index < -0.39 is 0 Å². The maximum atomic E-state index is 12.6. The Balaban J connectivity index is 2.22. The summed E-state index contributed by atoms with van der Waals surface area (Å²) in [6.07, 6.45) is 1.03. The van der Waals surface area contributed by atoms with Crippen molar-refractivity contribution >= 4 is 11.6 Å². The van der Waals surface area contributed by atoms with Crippen LogP contribution < -0.4 is 5.32 Å². The van der Waals surface area contributed by atoms with Gasteiger partial charge in [0.25, 0.3) is 0 Å². The van der Waals surface area contributed by atoms with Crippen LogP contribution >= 0.6 is 11.6 Å². The molecular formula is C12H17ClFN. The van der Waals surface area contributed by atoms with Gasteiger partial charge in [-0.15, -0.1) is 11.6 Å². The van der Waals surface area contributed by atoms with Crippen LogP contribution in [0.5, 0.6) is 0 Å². The lowest BCUT2D eigenvalue weighted by molar-refractivity contribution is 0.502. The van der Waals surface area contributed by atoms with Crippen LogP contribution in [0.3, 0.4) is 0 Å². The van der Waals surface area contributed by atoms with Crippen molar-refractivity contribution in [1.29, 1.82) is 0 Å². The third kappa shape index (κ3) is 5.14. The van der Waals surface area contributed by atoms with Crippen LogP contribution in [-0.4, -0.2) is 12.4 Å². The molecule has 3 heteroatoms. The summed E-state index contributed by atoms with van der Waals surface area (Å²) in [5, 5.41) is 3.32. The van der Waals surface area contributed by atoms with Crippen molar-refractivity contribution in [2.24, 2.45) is 5.92 Å². The molecule has 0 aliphatic rings. The second kappa shape index (κ2) is 6.81. The molecule has 0 saturated heterocycles. The molecule has 0 saturated carbocycles. The molecule has 84 valence electrons. The summed E-state index contributed by atoms with van der Waals surface area (Å²) >= 11 is 5.64. The number of halogens is 2. The average Bonchev–Trinajstić information content (AvgIpc) is 2.21. The molecule has 1 aromatic carbocycles. The highest BCUT2D eigenvalue weighted by Gasteiger charge is 2.00. The number of benzene rings is 1. The average molecular weight is 230 g/mol. The van der Waals surface area contributed by atoms with E-state index in [1.165, 1.54) is 12.1 Å². The molecule has 1 aromatic rings. The fourth-order valence-electron chi connectivity index (χ4n) is 1.35. The van der Waals surface area contributed by atoms with Gasteiger partial charge in [-0.3, -0.25) is 0 Å². The molecule has 0 aliphatic carbocycles. The van der Waals surface area contributed by atoms with Gasteiger partial charge < -0.3 is 5.32 Å². The van der Waals surface area contributed by atoms with Gasteiger partial charge in [0.1, 0.15) is 5.82 Å². The molecule has 1 rings (SSSR count). The van der Waals surface area contributed by atoms with E-state index in [1.54, 1.807) is 12.1 Å². The zero-order chi connectivity index (χ0) is 11.1. The van der Waals surface area contributed by atoms with E-state index in [-0.39, 0.29) is 5.82 Å². The summed E-state index contributed by atoms with van der Waals surface area (Å²) in [7, 11) is 0. The van der Waals surface area contributed by atoms with E-state index in [9.17, 15) is 4.39 Å². The molecule has 0 spiro atoms. The van der Waals surface area contributed by atoms with Gasteiger partial charge in [0.05, 0.1) is 0 Å². The summed E-state index contributed by atoms with van der Waals surface area (Å²) in [6, 6.07) is 6.57. The first-order chi connectivity index (χ1) is 7.22. The topological polar surface area (TPSA) is 12.0 Å². The van der Waals surface area contributed by atoms with Crippen molar-refractivity contribution in [3.05, 3.63) is 35.6 Å². The molecule has 0 amide bonds. The van der Waals surface area contributed by atoms with Crippen LogP contribution in [0.1, 0.15) is 18.9 Å². The van der Waals surface area contributed by atoms with Gasteiger partial charge >= 0.3 is 0 Å². The summed E-state index contributed by atoms with van der Waals surface area (Å²) in [4.78, 5) is 0. The third-order valence-corrected chi connectivity index (χ3v) is 2.56. The predicted octanol–water partition coefficient (Wildman–Crippen LogP) is 3.18.